The van der Waals surface area contributed by atoms with Crippen molar-refractivity contribution in [1.29, 1.82) is 0 Å². The fraction of sp³-hybridized carbons (Fsp3) is 0. The molecule has 7 rings (SSSR count). The molecule has 0 radical (unpaired) electrons. The third-order valence-corrected chi connectivity index (χ3v) is 7.61. The van der Waals surface area contributed by atoms with Crippen molar-refractivity contribution >= 4 is 28.6 Å². The van der Waals surface area contributed by atoms with Crippen LogP contribution in [0.25, 0.3) is 22.3 Å². The number of anilines is 3. The van der Waals surface area contributed by atoms with Gasteiger partial charge in [0.2, 0.25) is 0 Å². The van der Waals surface area contributed by atoms with Crippen LogP contribution in [0.3, 0.4) is 0 Å². The van der Waals surface area contributed by atoms with Gasteiger partial charge in [-0.05, 0) is 82.9 Å². The fourth-order valence-electron chi connectivity index (χ4n) is 5.54. The molecule has 6 aromatic rings. The minimum absolute atomic E-state index is 0.115. The summed E-state index contributed by atoms with van der Waals surface area (Å²) in [6, 6.07) is 49.8. The summed E-state index contributed by atoms with van der Waals surface area (Å²) in [4.78, 5) is 29.3. The van der Waals surface area contributed by atoms with E-state index in [1.807, 2.05) is 91.0 Å². The zero-order valence-corrected chi connectivity index (χ0v) is 22.2. The largest absolute Gasteiger partial charge is 0.311 e. The van der Waals surface area contributed by atoms with Crippen LogP contribution in [0.5, 0.6) is 0 Å². The van der Waals surface area contributed by atoms with Gasteiger partial charge < -0.3 is 4.90 Å². The zero-order chi connectivity index (χ0) is 27.8. The van der Waals surface area contributed by atoms with Gasteiger partial charge in [-0.3, -0.25) is 9.59 Å². The monoisotopic (exact) mass is 527 g/mol. The predicted molar refractivity (Wildman–Crippen MR) is 165 cm³/mol. The second kappa shape index (κ2) is 10.2. The molecule has 6 aromatic carbocycles. The number of carbonyl (C=O) groups is 2. The second-order valence-electron chi connectivity index (χ2n) is 10.1. The van der Waals surface area contributed by atoms with Crippen LogP contribution in [0.1, 0.15) is 31.8 Å². The molecule has 0 saturated carbocycles. The van der Waals surface area contributed by atoms with Crippen molar-refractivity contribution < 1.29 is 9.59 Å². The van der Waals surface area contributed by atoms with E-state index in [0.717, 1.165) is 39.3 Å². The summed E-state index contributed by atoms with van der Waals surface area (Å²) < 4.78 is 0. The molecule has 1 aliphatic rings. The first kappa shape index (κ1) is 24.5. The van der Waals surface area contributed by atoms with E-state index in [1.165, 1.54) is 0 Å². The van der Waals surface area contributed by atoms with E-state index >= 15 is 0 Å². The van der Waals surface area contributed by atoms with Crippen molar-refractivity contribution in [1.82, 2.24) is 0 Å². The van der Waals surface area contributed by atoms with Crippen LogP contribution in [-0.4, -0.2) is 11.6 Å². The van der Waals surface area contributed by atoms with Gasteiger partial charge in [0.15, 0.2) is 11.6 Å². The highest BCUT2D eigenvalue weighted by Gasteiger charge is 2.30. The van der Waals surface area contributed by atoms with Gasteiger partial charge in [-0.2, -0.15) is 0 Å². The molecule has 0 aliphatic heterocycles. The van der Waals surface area contributed by atoms with Crippen LogP contribution in [0.2, 0.25) is 0 Å². The van der Waals surface area contributed by atoms with Gasteiger partial charge in [0.25, 0.3) is 0 Å². The van der Waals surface area contributed by atoms with E-state index in [2.05, 4.69) is 53.4 Å². The molecular formula is C38H25NO2. The Morgan fingerprint density at radius 3 is 1.15 bits per heavy atom. The Labute approximate surface area is 239 Å². The number of hydrogen-bond acceptors (Lipinski definition) is 3. The number of rotatable bonds is 5. The Morgan fingerprint density at radius 2 is 0.683 bits per heavy atom. The first-order valence-corrected chi connectivity index (χ1v) is 13.6. The van der Waals surface area contributed by atoms with E-state index in [4.69, 9.17) is 0 Å². The smallest absolute Gasteiger partial charge is 0.194 e. The lowest BCUT2D eigenvalue weighted by atomic mass is 9.81. The standard InChI is InChI=1S/C38H25NO2/c40-37-34-23-19-29(25-36(34)38(41)33-22-18-28(24-35(33)37)26-10-4-1-5-11-26)27-16-20-32(21-17-27)39(30-12-6-2-7-13-30)31-14-8-3-9-15-31/h1-25H. The molecule has 0 spiro atoms. The molecule has 3 heteroatoms. The number of ketones is 2. The summed E-state index contributed by atoms with van der Waals surface area (Å²) >= 11 is 0. The van der Waals surface area contributed by atoms with Crippen LogP contribution in [0.15, 0.2) is 152 Å². The molecule has 0 bridgehead atoms. The van der Waals surface area contributed by atoms with Crippen molar-refractivity contribution in [2.75, 3.05) is 4.90 Å². The van der Waals surface area contributed by atoms with Crippen molar-refractivity contribution in [3.63, 3.8) is 0 Å². The van der Waals surface area contributed by atoms with E-state index < -0.39 is 0 Å². The Kier molecular flexibility index (Phi) is 6.10. The molecule has 0 saturated heterocycles. The molecule has 0 atom stereocenters. The third kappa shape index (κ3) is 4.44. The lowest BCUT2D eigenvalue weighted by Crippen LogP contribution is -2.21. The molecule has 0 unspecified atom stereocenters. The number of nitrogens with zero attached hydrogens (tertiary/aromatic N) is 1. The maximum atomic E-state index is 13.6. The number of para-hydroxylation sites is 2. The van der Waals surface area contributed by atoms with Crippen LogP contribution in [-0.2, 0) is 0 Å². The van der Waals surface area contributed by atoms with Gasteiger partial charge in [0.1, 0.15) is 0 Å². The molecule has 41 heavy (non-hydrogen) atoms. The van der Waals surface area contributed by atoms with Crippen LogP contribution in [0, 0.1) is 0 Å². The SMILES string of the molecule is O=C1c2ccc(-c3ccc(N(c4ccccc4)c4ccccc4)cc3)cc2C(=O)c2ccc(-c3ccccc3)cc21. The van der Waals surface area contributed by atoms with Gasteiger partial charge in [-0.15, -0.1) is 0 Å². The number of carbonyl (C=O) groups excluding carboxylic acids is 2. The van der Waals surface area contributed by atoms with Crippen molar-refractivity contribution in [2.45, 2.75) is 0 Å². The summed E-state index contributed by atoms with van der Waals surface area (Å²) in [7, 11) is 0. The maximum Gasteiger partial charge on any atom is 0.194 e. The van der Waals surface area contributed by atoms with Gasteiger partial charge in [0.05, 0.1) is 0 Å². The van der Waals surface area contributed by atoms with Gasteiger partial charge >= 0.3 is 0 Å². The van der Waals surface area contributed by atoms with E-state index in [1.54, 1.807) is 12.1 Å². The molecule has 194 valence electrons. The molecule has 0 aromatic heterocycles. The topological polar surface area (TPSA) is 37.4 Å². The predicted octanol–water partition coefficient (Wildman–Crippen LogP) is 9.27. The van der Waals surface area contributed by atoms with Crippen LogP contribution in [0.4, 0.5) is 17.1 Å². The number of hydrogen-bond donors (Lipinski definition) is 0. The second-order valence-corrected chi connectivity index (χ2v) is 10.1. The maximum absolute atomic E-state index is 13.6. The number of benzene rings is 6. The first-order chi connectivity index (χ1) is 20.2. The molecule has 0 fully saturated rings. The highest BCUT2D eigenvalue weighted by atomic mass is 16.1. The molecular weight excluding hydrogens is 502 g/mol. The normalized spacial score (nSPS) is 12.0. The lowest BCUT2D eigenvalue weighted by molar-refractivity contribution is 0.0979. The number of fused-ring (bicyclic) bond motifs is 2. The quantitative estimate of drug-likeness (QED) is 0.224. The summed E-state index contributed by atoms with van der Waals surface area (Å²) in [6.45, 7) is 0. The van der Waals surface area contributed by atoms with Crippen molar-refractivity contribution in [3.8, 4) is 22.3 Å². The molecule has 0 heterocycles. The highest BCUT2D eigenvalue weighted by Crippen LogP contribution is 2.37. The van der Waals surface area contributed by atoms with E-state index in [0.29, 0.717) is 22.3 Å². The van der Waals surface area contributed by atoms with Gasteiger partial charge in [-0.1, -0.05) is 91.0 Å². The van der Waals surface area contributed by atoms with Crippen molar-refractivity contribution in [2.24, 2.45) is 0 Å². The third-order valence-electron chi connectivity index (χ3n) is 7.61. The Morgan fingerprint density at radius 1 is 0.317 bits per heavy atom. The molecule has 0 amide bonds. The fourth-order valence-corrected chi connectivity index (χ4v) is 5.54. The summed E-state index contributed by atoms with van der Waals surface area (Å²) in [6.07, 6.45) is 0. The first-order valence-electron chi connectivity index (χ1n) is 13.6. The minimum atomic E-state index is -0.119. The lowest BCUT2D eigenvalue weighted by Gasteiger charge is -2.25. The van der Waals surface area contributed by atoms with Crippen molar-refractivity contribution in [3.05, 3.63) is 174 Å². The van der Waals surface area contributed by atoms with Gasteiger partial charge in [0, 0.05) is 39.3 Å². The highest BCUT2D eigenvalue weighted by molar-refractivity contribution is 6.29. The molecule has 3 nitrogen and oxygen atoms in total. The summed E-state index contributed by atoms with van der Waals surface area (Å²) in [5.41, 5.74) is 8.78. The summed E-state index contributed by atoms with van der Waals surface area (Å²) in [5.74, 6) is -0.234. The van der Waals surface area contributed by atoms with Gasteiger partial charge in [-0.25, -0.2) is 0 Å². The summed E-state index contributed by atoms with van der Waals surface area (Å²) in [5, 5.41) is 0. The van der Waals surface area contributed by atoms with E-state index in [-0.39, 0.29) is 11.6 Å². The Bertz CT molecular complexity index is 1850. The molecule has 1 aliphatic carbocycles. The van der Waals surface area contributed by atoms with Crippen LogP contribution < -0.4 is 4.90 Å². The average molecular weight is 528 g/mol. The molecule has 0 N–H and O–H groups in total. The Balaban J connectivity index is 1.22. The van der Waals surface area contributed by atoms with E-state index in [9.17, 15) is 9.59 Å². The average Bonchev–Trinajstić information content (AvgIpc) is 3.05. The zero-order valence-electron chi connectivity index (χ0n) is 22.2. The minimum Gasteiger partial charge on any atom is -0.311 e. The van der Waals surface area contributed by atoms with Crippen LogP contribution >= 0.6 is 0 Å². The Hall–Kier alpha value is -5.54.